The van der Waals surface area contributed by atoms with Gasteiger partial charge in [0.15, 0.2) is 5.82 Å². The Morgan fingerprint density at radius 2 is 2.18 bits per heavy atom. The highest BCUT2D eigenvalue weighted by atomic mass is 16.5. The van der Waals surface area contributed by atoms with Gasteiger partial charge in [-0.2, -0.15) is 4.98 Å². The van der Waals surface area contributed by atoms with Crippen molar-refractivity contribution in [3.63, 3.8) is 0 Å². The number of aryl methyl sites for hydroxylation is 1. The van der Waals surface area contributed by atoms with Crippen LogP contribution in [0.4, 0.5) is 0 Å². The molecule has 122 valence electrons. The number of likely N-dealkylation sites (tertiary alicyclic amines) is 1. The molecule has 7 heteroatoms. The van der Waals surface area contributed by atoms with Crippen LogP contribution in [0.5, 0.6) is 0 Å². The maximum Gasteiger partial charge on any atom is 0.251 e. The highest BCUT2D eigenvalue weighted by molar-refractivity contribution is 5.81. The zero-order valence-electron chi connectivity index (χ0n) is 13.1. The van der Waals surface area contributed by atoms with E-state index in [9.17, 15) is 4.79 Å². The molecule has 7 nitrogen and oxygen atoms in total. The first-order valence-electron chi connectivity index (χ1n) is 8.21. The van der Waals surface area contributed by atoms with Crippen molar-refractivity contribution in [2.45, 2.75) is 57.7 Å². The molecule has 1 N–H and O–H groups in total. The average Bonchev–Trinajstić information content (AvgIpc) is 3.24. The smallest absolute Gasteiger partial charge is 0.251 e. The van der Waals surface area contributed by atoms with Crippen LogP contribution >= 0.6 is 0 Å². The Morgan fingerprint density at radius 3 is 2.82 bits per heavy atom. The molecular formula is C15H24N4O3. The third kappa shape index (κ3) is 3.64. The van der Waals surface area contributed by atoms with Gasteiger partial charge in [-0.3, -0.25) is 4.79 Å². The minimum Gasteiger partial charge on any atom is -0.368 e. The summed E-state index contributed by atoms with van der Waals surface area (Å²) in [5.74, 6) is 1.55. The number of rotatable bonds is 5. The van der Waals surface area contributed by atoms with E-state index in [1.54, 1.807) is 0 Å². The zero-order valence-corrected chi connectivity index (χ0v) is 13.1. The normalized spacial score (nSPS) is 23.1. The largest absolute Gasteiger partial charge is 0.368 e. The van der Waals surface area contributed by atoms with Gasteiger partial charge >= 0.3 is 0 Å². The molecule has 2 fully saturated rings. The summed E-state index contributed by atoms with van der Waals surface area (Å²) >= 11 is 0. The van der Waals surface area contributed by atoms with E-state index >= 15 is 0 Å². The first kappa shape index (κ1) is 15.4. The summed E-state index contributed by atoms with van der Waals surface area (Å²) in [7, 11) is 0. The molecule has 0 radical (unpaired) electrons. The molecule has 0 saturated carbocycles. The topological polar surface area (TPSA) is 80.5 Å². The fraction of sp³-hybridized carbons (Fsp3) is 0.800. The lowest BCUT2D eigenvalue weighted by Crippen LogP contribution is -2.47. The van der Waals surface area contributed by atoms with Gasteiger partial charge in [0.2, 0.25) is 5.89 Å². The SMILES string of the molecule is CCc1noc(CNC2CCN(C(=O)[C@H]3CCCO3)CC2)n1. The van der Waals surface area contributed by atoms with Crippen molar-refractivity contribution in [2.75, 3.05) is 19.7 Å². The van der Waals surface area contributed by atoms with Gasteiger partial charge < -0.3 is 19.5 Å². The molecule has 2 saturated heterocycles. The Hall–Kier alpha value is -1.47. The first-order valence-corrected chi connectivity index (χ1v) is 8.21. The van der Waals surface area contributed by atoms with Crippen LogP contribution in [0.3, 0.4) is 0 Å². The molecular weight excluding hydrogens is 284 g/mol. The molecule has 0 unspecified atom stereocenters. The van der Waals surface area contributed by atoms with E-state index in [0.29, 0.717) is 18.5 Å². The van der Waals surface area contributed by atoms with Gasteiger partial charge in [0.05, 0.1) is 6.54 Å². The van der Waals surface area contributed by atoms with Gasteiger partial charge in [-0.15, -0.1) is 0 Å². The average molecular weight is 308 g/mol. The standard InChI is InChI=1S/C15H24N4O3/c1-2-13-17-14(22-18-13)10-16-11-5-7-19(8-6-11)15(20)12-4-3-9-21-12/h11-12,16H,2-10H2,1H3/t12-/m1/s1. The Bertz CT molecular complexity index is 491. The van der Waals surface area contributed by atoms with Crippen molar-refractivity contribution in [1.29, 1.82) is 0 Å². The number of hydrogen-bond donors (Lipinski definition) is 1. The number of nitrogens with zero attached hydrogens (tertiary/aromatic N) is 3. The van der Waals surface area contributed by atoms with Crippen LogP contribution in [0, 0.1) is 0 Å². The molecule has 0 aliphatic carbocycles. The lowest BCUT2D eigenvalue weighted by atomic mass is 10.0. The molecule has 0 aromatic carbocycles. The van der Waals surface area contributed by atoms with Gasteiger partial charge in [0.25, 0.3) is 5.91 Å². The third-order valence-electron chi connectivity index (χ3n) is 4.38. The Kier molecular flexibility index (Phi) is 5.04. The second kappa shape index (κ2) is 7.19. The summed E-state index contributed by atoms with van der Waals surface area (Å²) < 4.78 is 10.6. The number of hydrogen-bond acceptors (Lipinski definition) is 6. The summed E-state index contributed by atoms with van der Waals surface area (Å²) in [4.78, 5) is 18.5. The van der Waals surface area contributed by atoms with E-state index in [0.717, 1.165) is 57.6 Å². The highest BCUT2D eigenvalue weighted by Gasteiger charge is 2.30. The lowest BCUT2D eigenvalue weighted by molar-refractivity contribution is -0.142. The van der Waals surface area contributed by atoms with Crippen LogP contribution in [0.2, 0.25) is 0 Å². The number of ether oxygens (including phenoxy) is 1. The Balaban J connectivity index is 1.40. The van der Waals surface area contributed by atoms with E-state index in [1.807, 2.05) is 11.8 Å². The second-order valence-corrected chi connectivity index (χ2v) is 5.94. The number of carbonyl (C=O) groups is 1. The number of piperidine rings is 1. The van der Waals surface area contributed by atoms with Crippen LogP contribution < -0.4 is 5.32 Å². The third-order valence-corrected chi connectivity index (χ3v) is 4.38. The summed E-state index contributed by atoms with van der Waals surface area (Å²) in [5, 5.41) is 7.32. The zero-order chi connectivity index (χ0) is 15.4. The molecule has 0 spiro atoms. The van der Waals surface area contributed by atoms with Crippen LogP contribution in [0.15, 0.2) is 4.52 Å². The van der Waals surface area contributed by atoms with Crippen molar-refractivity contribution in [3.05, 3.63) is 11.7 Å². The second-order valence-electron chi connectivity index (χ2n) is 5.94. The van der Waals surface area contributed by atoms with Gasteiger partial charge in [-0.05, 0) is 25.7 Å². The summed E-state index contributed by atoms with van der Waals surface area (Å²) in [6, 6.07) is 0.394. The first-order chi connectivity index (χ1) is 10.8. The van der Waals surface area contributed by atoms with Crippen LogP contribution in [-0.2, 0) is 22.5 Å². The molecule has 2 aliphatic heterocycles. The van der Waals surface area contributed by atoms with Crippen LogP contribution in [-0.4, -0.2) is 52.8 Å². The van der Waals surface area contributed by atoms with Gasteiger partial charge in [0.1, 0.15) is 6.10 Å². The molecule has 1 aromatic heterocycles. The van der Waals surface area contributed by atoms with Crippen LogP contribution in [0.25, 0.3) is 0 Å². The predicted octanol–water partition coefficient (Wildman–Crippen LogP) is 0.892. The highest BCUT2D eigenvalue weighted by Crippen LogP contribution is 2.18. The van der Waals surface area contributed by atoms with Gasteiger partial charge in [-0.1, -0.05) is 12.1 Å². The number of aromatic nitrogens is 2. The van der Waals surface area contributed by atoms with Crippen molar-refractivity contribution in [1.82, 2.24) is 20.4 Å². The summed E-state index contributed by atoms with van der Waals surface area (Å²) in [6.45, 7) is 4.90. The van der Waals surface area contributed by atoms with E-state index in [-0.39, 0.29) is 12.0 Å². The Morgan fingerprint density at radius 1 is 1.36 bits per heavy atom. The molecule has 2 aliphatic rings. The number of amides is 1. The molecule has 0 bridgehead atoms. The fourth-order valence-corrected chi connectivity index (χ4v) is 3.02. The monoisotopic (exact) mass is 308 g/mol. The summed E-state index contributed by atoms with van der Waals surface area (Å²) in [5.41, 5.74) is 0. The van der Waals surface area contributed by atoms with Gasteiger partial charge in [0, 0.05) is 32.2 Å². The minimum atomic E-state index is -0.199. The lowest BCUT2D eigenvalue weighted by Gasteiger charge is -2.33. The van der Waals surface area contributed by atoms with E-state index in [2.05, 4.69) is 15.5 Å². The molecule has 3 rings (SSSR count). The van der Waals surface area contributed by atoms with E-state index in [1.165, 1.54) is 0 Å². The number of nitrogens with one attached hydrogen (secondary N) is 1. The molecule has 1 amide bonds. The van der Waals surface area contributed by atoms with Crippen LogP contribution in [0.1, 0.15) is 44.3 Å². The predicted molar refractivity (Wildman–Crippen MR) is 79.1 cm³/mol. The minimum absolute atomic E-state index is 0.167. The molecule has 1 aromatic rings. The van der Waals surface area contributed by atoms with Crippen molar-refractivity contribution >= 4 is 5.91 Å². The number of carbonyl (C=O) groups excluding carboxylic acids is 1. The molecule has 1 atom stereocenters. The quantitative estimate of drug-likeness (QED) is 0.870. The Labute approximate surface area is 130 Å². The van der Waals surface area contributed by atoms with E-state index < -0.39 is 0 Å². The van der Waals surface area contributed by atoms with Crippen molar-refractivity contribution in [2.24, 2.45) is 0 Å². The maximum absolute atomic E-state index is 12.3. The molecule has 22 heavy (non-hydrogen) atoms. The van der Waals surface area contributed by atoms with Crippen molar-refractivity contribution < 1.29 is 14.1 Å². The summed E-state index contributed by atoms with van der Waals surface area (Å²) in [6.07, 6.45) is 4.36. The fourth-order valence-electron chi connectivity index (χ4n) is 3.02. The van der Waals surface area contributed by atoms with E-state index in [4.69, 9.17) is 9.26 Å². The maximum atomic E-state index is 12.3. The van der Waals surface area contributed by atoms with Crippen molar-refractivity contribution in [3.8, 4) is 0 Å². The molecule has 3 heterocycles. The van der Waals surface area contributed by atoms with Gasteiger partial charge in [-0.25, -0.2) is 0 Å².